The number of hydrogen-bond acceptors (Lipinski definition) is 6. The van der Waals surface area contributed by atoms with Gasteiger partial charge in [-0.05, 0) is 0 Å². The number of alkyl halides is 3. The van der Waals surface area contributed by atoms with E-state index in [9.17, 15) is 17.7 Å². The number of rotatable bonds is 3. The molecule has 1 aliphatic heterocycles. The molecule has 0 amide bonds. The van der Waals surface area contributed by atoms with Gasteiger partial charge in [-0.1, -0.05) is 5.17 Å². The maximum atomic E-state index is 11.5. The minimum atomic E-state index is -5.22. The van der Waals surface area contributed by atoms with Crippen molar-refractivity contribution in [3.8, 4) is 0 Å². The van der Waals surface area contributed by atoms with Crippen LogP contribution in [0, 0.1) is 0 Å². The van der Waals surface area contributed by atoms with Crippen molar-refractivity contribution in [2.75, 3.05) is 13.1 Å². The summed E-state index contributed by atoms with van der Waals surface area (Å²) in [6.07, 6.45) is -5.22. The molecule has 7 nitrogen and oxygen atoms in total. The molecule has 1 saturated heterocycles. The van der Waals surface area contributed by atoms with Crippen LogP contribution in [-0.4, -0.2) is 29.5 Å². The van der Waals surface area contributed by atoms with Crippen LogP contribution in [0.1, 0.15) is 0 Å². The smallest absolute Gasteiger partial charge is 0.301 e. The van der Waals surface area contributed by atoms with Crippen molar-refractivity contribution in [1.82, 2.24) is 16.1 Å². The fraction of sp³-hybridized carbons (Fsp3) is 1.00. The Hall–Kier alpha value is -0.220. The zero-order valence-electron chi connectivity index (χ0n) is 6.61. The summed E-state index contributed by atoms with van der Waals surface area (Å²) in [6, 6.07) is 0. The Morgan fingerprint density at radius 1 is 1.50 bits per heavy atom. The second-order valence-electron chi connectivity index (χ2n) is 2.23. The van der Waals surface area contributed by atoms with E-state index in [1.165, 1.54) is 0 Å². The number of phosphoric acid groups is 1. The zero-order chi connectivity index (χ0) is 10.8. The molecule has 0 aliphatic carbocycles. The van der Waals surface area contributed by atoms with Crippen molar-refractivity contribution in [3.05, 3.63) is 0 Å². The van der Waals surface area contributed by atoms with E-state index in [1.807, 2.05) is 0 Å². The van der Waals surface area contributed by atoms with E-state index in [2.05, 4.69) is 20.1 Å². The molecule has 1 fully saturated rings. The van der Waals surface area contributed by atoms with Gasteiger partial charge in [0.1, 0.15) is 0 Å². The molecule has 11 heteroatoms. The molecule has 1 aliphatic rings. The standard InChI is InChI=1S/C3H7F3N3O4P/c4-3(5,6)12-14(10,11)13-9-2-1-7-8-9/h7-8H,1-2H2,(H,10,11). The van der Waals surface area contributed by atoms with Crippen LogP contribution >= 0.6 is 7.82 Å². The average Bonchev–Trinajstić information content (AvgIpc) is 2.31. The predicted molar refractivity (Wildman–Crippen MR) is 35.9 cm³/mol. The Bertz CT molecular complexity index is 242. The lowest BCUT2D eigenvalue weighted by molar-refractivity contribution is -0.289. The Morgan fingerprint density at radius 2 is 2.14 bits per heavy atom. The fourth-order valence-electron chi connectivity index (χ4n) is 0.691. The highest BCUT2D eigenvalue weighted by molar-refractivity contribution is 7.47. The molecule has 0 bridgehead atoms. The first-order valence-electron chi connectivity index (χ1n) is 3.34. The fourth-order valence-corrected chi connectivity index (χ4v) is 1.36. The molecule has 0 aromatic heterocycles. The van der Waals surface area contributed by atoms with Gasteiger partial charge in [-0.2, -0.15) is 14.7 Å². The highest BCUT2D eigenvalue weighted by Crippen LogP contribution is 2.49. The third-order valence-electron chi connectivity index (χ3n) is 1.06. The SMILES string of the molecule is O=P(O)(ON1CCNN1)OC(F)(F)F. The Labute approximate surface area is 76.3 Å². The Balaban J connectivity index is 2.44. The number of hydrazine groups is 2. The quantitative estimate of drug-likeness (QED) is 0.590. The summed E-state index contributed by atoms with van der Waals surface area (Å²) < 4.78 is 52.1. The van der Waals surface area contributed by atoms with Crippen LogP contribution in [0.4, 0.5) is 13.2 Å². The summed E-state index contributed by atoms with van der Waals surface area (Å²) in [5, 5.41) is 0.631. The maximum Gasteiger partial charge on any atom is 0.531 e. The summed E-state index contributed by atoms with van der Waals surface area (Å²) in [4.78, 5) is 8.59. The third kappa shape index (κ3) is 4.33. The van der Waals surface area contributed by atoms with Crippen molar-refractivity contribution >= 4 is 7.82 Å². The van der Waals surface area contributed by atoms with E-state index in [-0.39, 0.29) is 6.54 Å². The second-order valence-corrected chi connectivity index (χ2v) is 3.51. The number of halogens is 3. The van der Waals surface area contributed by atoms with Crippen molar-refractivity contribution in [2.45, 2.75) is 6.36 Å². The first-order chi connectivity index (χ1) is 6.29. The number of hydroxylamine groups is 1. The van der Waals surface area contributed by atoms with Gasteiger partial charge < -0.3 is 4.89 Å². The lowest BCUT2D eigenvalue weighted by Gasteiger charge is -2.18. The van der Waals surface area contributed by atoms with E-state index < -0.39 is 14.2 Å². The van der Waals surface area contributed by atoms with Crippen LogP contribution < -0.4 is 11.0 Å². The molecule has 1 rings (SSSR count). The van der Waals surface area contributed by atoms with Crippen molar-refractivity contribution in [1.29, 1.82) is 0 Å². The first kappa shape index (κ1) is 11.9. The van der Waals surface area contributed by atoms with E-state index in [1.54, 1.807) is 0 Å². The number of nitrogens with zero attached hydrogens (tertiary/aromatic N) is 1. The van der Waals surface area contributed by atoms with E-state index >= 15 is 0 Å². The maximum absolute atomic E-state index is 11.5. The van der Waals surface area contributed by atoms with Crippen LogP contribution in [0.3, 0.4) is 0 Å². The summed E-state index contributed by atoms with van der Waals surface area (Å²) in [7, 11) is -5.16. The highest BCUT2D eigenvalue weighted by Gasteiger charge is 2.42. The van der Waals surface area contributed by atoms with Crippen LogP contribution in [0.15, 0.2) is 0 Å². The topological polar surface area (TPSA) is 83.1 Å². The van der Waals surface area contributed by atoms with Gasteiger partial charge >= 0.3 is 14.2 Å². The minimum Gasteiger partial charge on any atom is -0.301 e. The highest BCUT2D eigenvalue weighted by atomic mass is 31.2. The van der Waals surface area contributed by atoms with Gasteiger partial charge in [0.05, 0.1) is 6.54 Å². The molecule has 0 saturated carbocycles. The van der Waals surface area contributed by atoms with E-state index in [0.717, 1.165) is 0 Å². The molecule has 84 valence electrons. The second kappa shape index (κ2) is 4.11. The molecule has 1 unspecified atom stereocenters. The van der Waals surface area contributed by atoms with Crippen LogP contribution in [0.5, 0.6) is 0 Å². The van der Waals surface area contributed by atoms with Gasteiger partial charge in [0.15, 0.2) is 0 Å². The van der Waals surface area contributed by atoms with E-state index in [0.29, 0.717) is 11.7 Å². The summed E-state index contributed by atoms with van der Waals surface area (Å²) in [5.74, 6) is 0. The van der Waals surface area contributed by atoms with Gasteiger partial charge in [0.2, 0.25) is 0 Å². The molecule has 0 aromatic rings. The molecule has 1 heterocycles. The lowest BCUT2D eigenvalue weighted by atomic mass is 10.7. The monoisotopic (exact) mass is 237 g/mol. The number of hydrogen-bond donors (Lipinski definition) is 3. The van der Waals surface area contributed by atoms with Crippen LogP contribution in [-0.2, 0) is 13.7 Å². The van der Waals surface area contributed by atoms with Gasteiger partial charge in [0, 0.05) is 6.54 Å². The Kier molecular flexibility index (Phi) is 3.48. The largest absolute Gasteiger partial charge is 0.531 e. The lowest BCUT2D eigenvalue weighted by Crippen LogP contribution is -2.35. The predicted octanol–water partition coefficient (Wildman–Crippen LogP) is -0.120. The summed E-state index contributed by atoms with van der Waals surface area (Å²) >= 11 is 0. The minimum absolute atomic E-state index is 0.103. The summed E-state index contributed by atoms with van der Waals surface area (Å²) in [6.45, 7) is 0.456. The van der Waals surface area contributed by atoms with E-state index in [4.69, 9.17) is 4.89 Å². The van der Waals surface area contributed by atoms with Crippen molar-refractivity contribution < 1.29 is 31.8 Å². The molecule has 3 N–H and O–H groups in total. The zero-order valence-corrected chi connectivity index (χ0v) is 7.51. The third-order valence-corrected chi connectivity index (χ3v) is 1.91. The van der Waals surface area contributed by atoms with Gasteiger partial charge in [-0.25, -0.2) is 9.99 Å². The van der Waals surface area contributed by atoms with Gasteiger partial charge in [-0.15, -0.1) is 13.2 Å². The molecule has 0 aromatic carbocycles. The normalized spacial score (nSPS) is 23.7. The number of phosphoric ester groups is 1. The van der Waals surface area contributed by atoms with Crippen molar-refractivity contribution in [3.63, 3.8) is 0 Å². The molecular formula is C3H7F3N3O4P. The van der Waals surface area contributed by atoms with Gasteiger partial charge in [0.25, 0.3) is 0 Å². The number of nitrogens with one attached hydrogen (secondary N) is 2. The molecule has 0 radical (unpaired) electrons. The van der Waals surface area contributed by atoms with Crippen LogP contribution in [0.2, 0.25) is 0 Å². The van der Waals surface area contributed by atoms with Crippen molar-refractivity contribution in [2.24, 2.45) is 0 Å². The summed E-state index contributed by atoms with van der Waals surface area (Å²) in [5.41, 5.74) is 4.62. The first-order valence-corrected chi connectivity index (χ1v) is 4.84. The molecule has 1 atom stereocenters. The molecule has 14 heavy (non-hydrogen) atoms. The Morgan fingerprint density at radius 3 is 2.57 bits per heavy atom. The molecular weight excluding hydrogens is 230 g/mol. The molecule has 0 spiro atoms. The van der Waals surface area contributed by atoms with Crippen LogP contribution in [0.25, 0.3) is 0 Å². The average molecular weight is 237 g/mol. The van der Waals surface area contributed by atoms with Gasteiger partial charge in [-0.3, -0.25) is 0 Å².